The largest absolute Gasteiger partial charge is 0.421 e. The number of nitrogens with zero attached hydrogens (tertiary/aromatic N) is 4. The maximum absolute atomic E-state index is 12.6. The summed E-state index contributed by atoms with van der Waals surface area (Å²) in [5.41, 5.74) is 2.42. The molecule has 1 amide bonds. The average Bonchev–Trinajstić information content (AvgIpc) is 3.11. The van der Waals surface area contributed by atoms with Gasteiger partial charge in [-0.3, -0.25) is 4.98 Å². The molecular weight excluding hydrogens is 371 g/mol. The van der Waals surface area contributed by atoms with Crippen LogP contribution in [0.5, 0.6) is 5.75 Å². The van der Waals surface area contributed by atoms with E-state index in [4.69, 9.17) is 27.9 Å². The molecule has 0 aliphatic heterocycles. The topological polar surface area (TPSA) is 68.2 Å². The average molecular weight is 381 g/mol. The Morgan fingerprint density at radius 1 is 1.17 bits per heavy atom. The van der Waals surface area contributed by atoms with E-state index in [1.165, 1.54) is 22.3 Å². The van der Waals surface area contributed by atoms with Gasteiger partial charge in [-0.15, -0.1) is 10.2 Å². The Labute approximate surface area is 151 Å². The second kappa shape index (κ2) is 7.57. The molecule has 0 aliphatic rings. The standard InChI is InChI=1S/C15H10Cl2N4O2S/c16-12-2-1-11(7-13(12)17)23-15(22)21(14-20-19-9-24-14)8-10-3-5-18-6-4-10/h1-7,9H,8H2. The van der Waals surface area contributed by atoms with Gasteiger partial charge in [0.2, 0.25) is 5.13 Å². The van der Waals surface area contributed by atoms with Gasteiger partial charge in [0.25, 0.3) is 0 Å². The van der Waals surface area contributed by atoms with Gasteiger partial charge < -0.3 is 4.74 Å². The van der Waals surface area contributed by atoms with E-state index in [0.29, 0.717) is 20.9 Å². The van der Waals surface area contributed by atoms with Crippen molar-refractivity contribution in [2.45, 2.75) is 6.54 Å². The summed E-state index contributed by atoms with van der Waals surface area (Å²) < 4.78 is 5.38. The number of ether oxygens (including phenoxy) is 1. The fourth-order valence-electron chi connectivity index (χ4n) is 1.86. The molecule has 0 saturated heterocycles. The molecule has 0 aliphatic carbocycles. The molecule has 0 bridgehead atoms. The monoisotopic (exact) mass is 380 g/mol. The van der Waals surface area contributed by atoms with E-state index in [1.807, 2.05) is 0 Å². The fraction of sp³-hybridized carbons (Fsp3) is 0.0667. The van der Waals surface area contributed by atoms with Gasteiger partial charge in [-0.2, -0.15) is 0 Å². The number of aromatic nitrogens is 3. The van der Waals surface area contributed by atoms with Crippen LogP contribution in [0.2, 0.25) is 10.0 Å². The number of anilines is 1. The van der Waals surface area contributed by atoms with Gasteiger partial charge in [-0.25, -0.2) is 9.69 Å². The molecule has 0 atom stereocenters. The summed E-state index contributed by atoms with van der Waals surface area (Å²) in [6.07, 6.45) is 2.71. The molecule has 9 heteroatoms. The van der Waals surface area contributed by atoms with E-state index in [2.05, 4.69) is 15.2 Å². The molecule has 0 radical (unpaired) electrons. The van der Waals surface area contributed by atoms with Gasteiger partial charge in [0.05, 0.1) is 16.6 Å². The zero-order chi connectivity index (χ0) is 16.9. The quantitative estimate of drug-likeness (QED) is 0.668. The van der Waals surface area contributed by atoms with Crippen LogP contribution in [0.4, 0.5) is 9.93 Å². The minimum absolute atomic E-state index is 0.276. The molecule has 0 saturated carbocycles. The minimum Gasteiger partial charge on any atom is -0.410 e. The predicted octanol–water partition coefficient (Wildman–Crippen LogP) is 4.45. The lowest BCUT2D eigenvalue weighted by Crippen LogP contribution is -2.33. The normalized spacial score (nSPS) is 10.4. The van der Waals surface area contributed by atoms with Gasteiger partial charge >= 0.3 is 6.09 Å². The Kier molecular flexibility index (Phi) is 5.24. The number of benzene rings is 1. The highest BCUT2D eigenvalue weighted by molar-refractivity contribution is 7.13. The third-order valence-electron chi connectivity index (χ3n) is 2.99. The van der Waals surface area contributed by atoms with Crippen LogP contribution in [0, 0.1) is 0 Å². The molecule has 6 nitrogen and oxygen atoms in total. The molecule has 3 aromatic rings. The first-order chi connectivity index (χ1) is 11.6. The Morgan fingerprint density at radius 2 is 1.96 bits per heavy atom. The third kappa shape index (κ3) is 4.00. The van der Waals surface area contributed by atoms with E-state index < -0.39 is 6.09 Å². The molecule has 0 unspecified atom stereocenters. The van der Waals surface area contributed by atoms with Crippen LogP contribution in [0.1, 0.15) is 5.56 Å². The maximum Gasteiger partial charge on any atom is 0.421 e. The highest BCUT2D eigenvalue weighted by Gasteiger charge is 2.21. The first-order valence-corrected chi connectivity index (χ1v) is 8.36. The molecule has 0 spiro atoms. The SMILES string of the molecule is O=C(Oc1ccc(Cl)c(Cl)c1)N(Cc1ccncc1)c1nncs1. The van der Waals surface area contributed by atoms with Crippen molar-refractivity contribution in [1.29, 1.82) is 0 Å². The van der Waals surface area contributed by atoms with Crippen LogP contribution < -0.4 is 9.64 Å². The zero-order valence-corrected chi connectivity index (χ0v) is 14.4. The van der Waals surface area contributed by atoms with Crippen LogP contribution >= 0.6 is 34.5 Å². The van der Waals surface area contributed by atoms with Crippen molar-refractivity contribution >= 4 is 45.8 Å². The van der Waals surface area contributed by atoms with Crippen molar-refractivity contribution in [2.75, 3.05) is 4.90 Å². The molecule has 2 aromatic heterocycles. The number of carbonyl (C=O) groups is 1. The van der Waals surface area contributed by atoms with E-state index in [9.17, 15) is 4.79 Å². The predicted molar refractivity (Wildman–Crippen MR) is 92.8 cm³/mol. The Balaban J connectivity index is 1.82. The highest BCUT2D eigenvalue weighted by Crippen LogP contribution is 2.27. The second-order valence-corrected chi connectivity index (χ2v) is 6.23. The van der Waals surface area contributed by atoms with E-state index in [0.717, 1.165) is 5.56 Å². The minimum atomic E-state index is -0.595. The fourth-order valence-corrected chi connectivity index (χ4v) is 2.70. The third-order valence-corrected chi connectivity index (χ3v) is 4.44. The summed E-state index contributed by atoms with van der Waals surface area (Å²) in [6.45, 7) is 0.276. The highest BCUT2D eigenvalue weighted by atomic mass is 35.5. The zero-order valence-electron chi connectivity index (χ0n) is 12.1. The van der Waals surface area contributed by atoms with Gasteiger partial charge in [0.1, 0.15) is 11.3 Å². The Hall–Kier alpha value is -2.22. The molecular formula is C15H10Cl2N4O2S. The van der Waals surface area contributed by atoms with Crippen molar-refractivity contribution in [2.24, 2.45) is 0 Å². The van der Waals surface area contributed by atoms with Crippen molar-refractivity contribution in [1.82, 2.24) is 15.2 Å². The molecule has 24 heavy (non-hydrogen) atoms. The maximum atomic E-state index is 12.6. The van der Waals surface area contributed by atoms with Gasteiger partial charge in [-0.1, -0.05) is 34.5 Å². The first-order valence-electron chi connectivity index (χ1n) is 6.73. The Bertz CT molecular complexity index is 831. The summed E-state index contributed by atoms with van der Waals surface area (Å²) in [5.74, 6) is 0.290. The number of amides is 1. The smallest absolute Gasteiger partial charge is 0.410 e. The van der Waals surface area contributed by atoms with Crippen molar-refractivity contribution < 1.29 is 9.53 Å². The lowest BCUT2D eigenvalue weighted by molar-refractivity contribution is 0.207. The molecule has 122 valence electrons. The first kappa shape index (κ1) is 16.6. The number of pyridine rings is 1. The summed E-state index contributed by atoms with van der Waals surface area (Å²) in [6, 6.07) is 8.22. The molecule has 3 rings (SSSR count). The van der Waals surface area contributed by atoms with Crippen LogP contribution in [-0.4, -0.2) is 21.3 Å². The van der Waals surface area contributed by atoms with E-state index >= 15 is 0 Å². The summed E-state index contributed by atoms with van der Waals surface area (Å²) in [5, 5.41) is 8.82. The van der Waals surface area contributed by atoms with Gasteiger partial charge in [0.15, 0.2) is 0 Å². The second-order valence-electron chi connectivity index (χ2n) is 4.61. The molecule has 2 heterocycles. The van der Waals surface area contributed by atoms with E-state index in [-0.39, 0.29) is 6.54 Å². The number of carbonyl (C=O) groups excluding carboxylic acids is 1. The summed E-state index contributed by atoms with van der Waals surface area (Å²) in [4.78, 5) is 17.9. The number of hydrogen-bond donors (Lipinski definition) is 0. The van der Waals surface area contributed by atoms with Crippen LogP contribution in [-0.2, 0) is 6.54 Å². The molecule has 0 fully saturated rings. The van der Waals surface area contributed by atoms with Crippen molar-refractivity contribution in [3.05, 3.63) is 63.8 Å². The number of hydrogen-bond acceptors (Lipinski definition) is 6. The number of halogens is 2. The molecule has 0 N–H and O–H groups in total. The van der Waals surface area contributed by atoms with E-state index in [1.54, 1.807) is 42.2 Å². The van der Waals surface area contributed by atoms with Crippen molar-refractivity contribution in [3.63, 3.8) is 0 Å². The molecule has 1 aromatic carbocycles. The number of rotatable bonds is 4. The van der Waals surface area contributed by atoms with Crippen LogP contribution in [0.3, 0.4) is 0 Å². The summed E-state index contributed by atoms with van der Waals surface area (Å²) in [7, 11) is 0. The van der Waals surface area contributed by atoms with Gasteiger partial charge in [0, 0.05) is 18.5 Å². The van der Waals surface area contributed by atoms with Gasteiger partial charge in [-0.05, 0) is 29.8 Å². The Morgan fingerprint density at radius 3 is 2.62 bits per heavy atom. The lowest BCUT2D eigenvalue weighted by atomic mass is 10.2. The van der Waals surface area contributed by atoms with Crippen LogP contribution in [0.25, 0.3) is 0 Å². The van der Waals surface area contributed by atoms with Crippen LogP contribution in [0.15, 0.2) is 48.2 Å². The van der Waals surface area contributed by atoms with Crippen molar-refractivity contribution in [3.8, 4) is 5.75 Å². The lowest BCUT2D eigenvalue weighted by Gasteiger charge is -2.19. The summed E-state index contributed by atoms with van der Waals surface area (Å²) >= 11 is 13.0.